The van der Waals surface area contributed by atoms with E-state index < -0.39 is 13.3 Å². The van der Waals surface area contributed by atoms with Crippen LogP contribution in [0.4, 0.5) is 5.69 Å². The van der Waals surface area contributed by atoms with Crippen LogP contribution in [0.5, 0.6) is 11.5 Å². The van der Waals surface area contributed by atoms with Crippen LogP contribution >= 0.6 is 7.82 Å². The van der Waals surface area contributed by atoms with Gasteiger partial charge in [-0.1, -0.05) is 6.07 Å². The molecular formula is C17H16NO8P. The van der Waals surface area contributed by atoms with Crippen LogP contribution < -0.4 is 14.9 Å². The maximum Gasteiger partial charge on any atom is 0.524 e. The summed E-state index contributed by atoms with van der Waals surface area (Å²) in [4.78, 5) is 33.0. The zero-order chi connectivity index (χ0) is 19.2. The van der Waals surface area contributed by atoms with Crippen molar-refractivity contribution in [3.63, 3.8) is 0 Å². The van der Waals surface area contributed by atoms with Gasteiger partial charge < -0.3 is 23.7 Å². The van der Waals surface area contributed by atoms with Crippen LogP contribution in [0.15, 0.2) is 39.5 Å². The molecule has 2 aromatic carbocycles. The first kappa shape index (κ1) is 17.8. The number of aromatic hydroxyl groups is 1. The third-order valence-corrected chi connectivity index (χ3v) is 4.76. The fraction of sp³-hybridized carbons (Fsp3) is 0.235. The summed E-state index contributed by atoms with van der Waals surface area (Å²) in [6.07, 6.45) is 0. The Kier molecular flexibility index (Phi) is 4.32. The van der Waals surface area contributed by atoms with Gasteiger partial charge in [0.1, 0.15) is 16.7 Å². The maximum atomic E-state index is 12.8. The number of hydrogen-bond acceptors (Lipinski definition) is 7. The minimum atomic E-state index is -4.84. The number of fused-ring (bicyclic) bond motifs is 2. The van der Waals surface area contributed by atoms with Crippen molar-refractivity contribution in [1.29, 1.82) is 0 Å². The molecule has 2 heterocycles. The van der Waals surface area contributed by atoms with Crippen LogP contribution in [0, 0.1) is 0 Å². The van der Waals surface area contributed by atoms with E-state index in [1.165, 1.54) is 24.3 Å². The molecule has 0 aliphatic carbocycles. The number of para-hydroxylation sites is 1. The average molecular weight is 393 g/mol. The van der Waals surface area contributed by atoms with Gasteiger partial charge in [-0.15, -0.1) is 0 Å². The lowest BCUT2D eigenvalue weighted by molar-refractivity contribution is 0.122. The molecule has 3 aromatic rings. The molecule has 1 aliphatic rings. The van der Waals surface area contributed by atoms with Gasteiger partial charge in [-0.05, 0) is 12.1 Å². The topological polar surface area (TPSA) is 130 Å². The highest BCUT2D eigenvalue weighted by Gasteiger charge is 2.22. The Balaban J connectivity index is 1.95. The molecular weight excluding hydrogens is 377 g/mol. The van der Waals surface area contributed by atoms with E-state index in [0.29, 0.717) is 32.0 Å². The number of benzene rings is 2. The van der Waals surface area contributed by atoms with Crippen molar-refractivity contribution in [1.82, 2.24) is 0 Å². The molecule has 0 saturated carbocycles. The van der Waals surface area contributed by atoms with E-state index in [-0.39, 0.29) is 33.4 Å². The fourth-order valence-corrected chi connectivity index (χ4v) is 3.54. The van der Waals surface area contributed by atoms with Crippen LogP contribution in [-0.2, 0) is 9.30 Å². The van der Waals surface area contributed by atoms with Gasteiger partial charge in [-0.2, -0.15) is 0 Å². The summed E-state index contributed by atoms with van der Waals surface area (Å²) in [6.45, 7) is 2.33. The van der Waals surface area contributed by atoms with Crippen molar-refractivity contribution in [2.45, 2.75) is 0 Å². The van der Waals surface area contributed by atoms with Crippen molar-refractivity contribution < 1.29 is 33.1 Å². The van der Waals surface area contributed by atoms with Gasteiger partial charge in [0.25, 0.3) is 0 Å². The quantitative estimate of drug-likeness (QED) is 0.452. The number of phenols is 1. The van der Waals surface area contributed by atoms with E-state index in [1.807, 2.05) is 4.90 Å². The van der Waals surface area contributed by atoms with E-state index in [2.05, 4.69) is 4.52 Å². The van der Waals surface area contributed by atoms with Crippen molar-refractivity contribution in [2.24, 2.45) is 0 Å². The number of phosphoric ester groups is 1. The zero-order valence-corrected chi connectivity index (χ0v) is 14.9. The Hall–Kier alpha value is -2.58. The second kappa shape index (κ2) is 6.54. The van der Waals surface area contributed by atoms with Crippen molar-refractivity contribution in [3.05, 3.63) is 40.6 Å². The lowest BCUT2D eigenvalue weighted by Crippen LogP contribution is -2.36. The molecule has 9 nitrogen and oxygen atoms in total. The van der Waals surface area contributed by atoms with E-state index in [9.17, 15) is 14.5 Å². The highest BCUT2D eigenvalue weighted by Crippen LogP contribution is 2.41. The zero-order valence-electron chi connectivity index (χ0n) is 14.0. The third kappa shape index (κ3) is 3.38. The minimum absolute atomic E-state index is 0.00663. The Morgan fingerprint density at radius 3 is 2.59 bits per heavy atom. The molecule has 10 heteroatoms. The lowest BCUT2D eigenvalue weighted by Gasteiger charge is -2.29. The molecule has 0 amide bonds. The number of anilines is 1. The molecule has 0 radical (unpaired) electrons. The number of morpholine rings is 1. The number of ether oxygens (including phenoxy) is 1. The van der Waals surface area contributed by atoms with Crippen LogP contribution in [-0.4, -0.2) is 41.2 Å². The van der Waals surface area contributed by atoms with Crippen molar-refractivity contribution in [3.8, 4) is 11.5 Å². The number of phenolic OH excluding ortho intramolecular Hbond substituents is 1. The molecule has 1 aromatic heterocycles. The van der Waals surface area contributed by atoms with Gasteiger partial charge >= 0.3 is 7.82 Å². The summed E-state index contributed by atoms with van der Waals surface area (Å²) < 4.78 is 26.9. The van der Waals surface area contributed by atoms with Gasteiger partial charge in [-0.25, -0.2) is 4.57 Å². The lowest BCUT2D eigenvalue weighted by atomic mass is 10.1. The SMILES string of the molecule is O=c1c2cccc(OP(=O)(O)O)c2oc2cc(N3CCOCC3)cc(O)c12. The largest absolute Gasteiger partial charge is 0.524 e. The summed E-state index contributed by atoms with van der Waals surface area (Å²) in [5, 5.41) is 10.4. The molecule has 3 N–H and O–H groups in total. The molecule has 0 spiro atoms. The first-order valence-corrected chi connectivity index (χ1v) is 9.67. The summed E-state index contributed by atoms with van der Waals surface area (Å²) in [5.74, 6) is -0.484. The van der Waals surface area contributed by atoms with Gasteiger partial charge in [0.2, 0.25) is 5.43 Å². The molecule has 0 bridgehead atoms. The molecule has 0 unspecified atom stereocenters. The highest BCUT2D eigenvalue weighted by atomic mass is 31.2. The number of nitrogens with zero attached hydrogens (tertiary/aromatic N) is 1. The summed E-state index contributed by atoms with van der Waals surface area (Å²) in [6, 6.07) is 7.24. The van der Waals surface area contributed by atoms with Gasteiger partial charge in [0.05, 0.1) is 18.6 Å². The number of phosphoric acid groups is 1. The van der Waals surface area contributed by atoms with Crippen LogP contribution in [0.2, 0.25) is 0 Å². The van der Waals surface area contributed by atoms with E-state index in [1.54, 1.807) is 6.07 Å². The molecule has 1 fully saturated rings. The molecule has 142 valence electrons. The predicted molar refractivity (Wildman–Crippen MR) is 97.4 cm³/mol. The highest BCUT2D eigenvalue weighted by molar-refractivity contribution is 7.46. The minimum Gasteiger partial charge on any atom is -0.507 e. The molecule has 1 saturated heterocycles. The second-order valence-corrected chi connectivity index (χ2v) is 7.25. The van der Waals surface area contributed by atoms with Gasteiger partial charge in [0, 0.05) is 30.9 Å². The van der Waals surface area contributed by atoms with Crippen molar-refractivity contribution >= 4 is 35.4 Å². The molecule has 27 heavy (non-hydrogen) atoms. The van der Waals surface area contributed by atoms with E-state index in [4.69, 9.17) is 18.9 Å². The monoisotopic (exact) mass is 393 g/mol. The number of rotatable bonds is 3. The second-order valence-electron chi connectivity index (χ2n) is 6.08. The van der Waals surface area contributed by atoms with E-state index >= 15 is 0 Å². The first-order chi connectivity index (χ1) is 12.8. The smallest absolute Gasteiger partial charge is 0.507 e. The maximum absolute atomic E-state index is 12.8. The van der Waals surface area contributed by atoms with Crippen LogP contribution in [0.1, 0.15) is 0 Å². The molecule has 0 atom stereocenters. The van der Waals surface area contributed by atoms with Crippen LogP contribution in [0.25, 0.3) is 21.9 Å². The first-order valence-electron chi connectivity index (χ1n) is 8.14. The summed E-state index contributed by atoms with van der Waals surface area (Å²) >= 11 is 0. The summed E-state index contributed by atoms with van der Waals surface area (Å²) in [7, 11) is -4.84. The Morgan fingerprint density at radius 2 is 1.89 bits per heavy atom. The third-order valence-electron chi connectivity index (χ3n) is 4.32. The molecule has 1 aliphatic heterocycles. The van der Waals surface area contributed by atoms with Crippen molar-refractivity contribution in [2.75, 3.05) is 31.2 Å². The summed E-state index contributed by atoms with van der Waals surface area (Å²) in [5.41, 5.74) is 0.125. The predicted octanol–water partition coefficient (Wildman–Crippen LogP) is 1.96. The fourth-order valence-electron chi connectivity index (χ4n) is 3.14. The molecule has 4 rings (SSSR count). The van der Waals surface area contributed by atoms with E-state index in [0.717, 1.165) is 0 Å². The number of hydrogen-bond donors (Lipinski definition) is 3. The standard InChI is InChI=1S/C17H16NO8P/c19-12-8-10(18-4-6-24-7-5-18)9-14-15(12)16(20)11-2-1-3-13(17(11)25-14)26-27(21,22)23/h1-3,8-9,19H,4-7H2,(H2,21,22,23). The van der Waals surface area contributed by atoms with Gasteiger partial charge in [-0.3, -0.25) is 14.6 Å². The Bertz CT molecular complexity index is 1130. The average Bonchev–Trinajstić information content (AvgIpc) is 2.61. The Labute approximate surface area is 152 Å². The van der Waals surface area contributed by atoms with Crippen LogP contribution in [0.3, 0.4) is 0 Å². The normalized spacial score (nSPS) is 15.4. The Morgan fingerprint density at radius 1 is 1.15 bits per heavy atom. The van der Waals surface area contributed by atoms with Gasteiger partial charge in [0.15, 0.2) is 11.3 Å².